The fourth-order valence-corrected chi connectivity index (χ4v) is 2.24. The summed E-state index contributed by atoms with van der Waals surface area (Å²) in [5.41, 5.74) is 1.68. The van der Waals surface area contributed by atoms with E-state index in [0.717, 1.165) is 5.56 Å². The molecular weight excluding hydrogens is 188 g/mol. The van der Waals surface area contributed by atoms with Crippen molar-refractivity contribution in [2.75, 3.05) is 11.8 Å². The number of hydrogen-bond donors (Lipinski definition) is 1. The molecule has 1 aromatic carbocycles. The second-order valence-electron chi connectivity index (χ2n) is 3.02. The molecule has 1 aliphatic heterocycles. The summed E-state index contributed by atoms with van der Waals surface area (Å²) in [6.07, 6.45) is 0. The molecule has 0 saturated carbocycles. The first-order chi connectivity index (χ1) is 6.09. The zero-order valence-electron chi connectivity index (χ0n) is 7.19. The minimum atomic E-state index is -3.29. The van der Waals surface area contributed by atoms with Crippen LogP contribution in [0, 0.1) is 0 Å². The number of anilines is 1. The van der Waals surface area contributed by atoms with Gasteiger partial charge in [0.2, 0.25) is 0 Å². The maximum Gasteiger partial charge on any atom is 0.301 e. The van der Waals surface area contributed by atoms with Crippen LogP contribution in [-0.2, 0) is 16.8 Å². The molecule has 0 radical (unpaired) electrons. The van der Waals surface area contributed by atoms with Gasteiger partial charge < -0.3 is 0 Å². The SMILES string of the molecule is CN1Cc2ccccc2NS1(=O)=O. The molecule has 0 aromatic heterocycles. The molecule has 2 rings (SSSR count). The summed E-state index contributed by atoms with van der Waals surface area (Å²) in [5.74, 6) is 0. The number of nitrogens with one attached hydrogen (secondary N) is 1. The molecule has 0 atom stereocenters. The first-order valence-electron chi connectivity index (χ1n) is 3.91. The minimum Gasteiger partial charge on any atom is -0.271 e. The zero-order chi connectivity index (χ0) is 9.47. The van der Waals surface area contributed by atoms with Gasteiger partial charge in [0.15, 0.2) is 0 Å². The molecule has 1 heterocycles. The summed E-state index contributed by atoms with van der Waals surface area (Å²) in [5, 5.41) is 0. The van der Waals surface area contributed by atoms with Gasteiger partial charge in [0.25, 0.3) is 0 Å². The van der Waals surface area contributed by atoms with Gasteiger partial charge in [-0.3, -0.25) is 4.72 Å². The van der Waals surface area contributed by atoms with Crippen LogP contribution in [0.2, 0.25) is 0 Å². The number of benzene rings is 1. The summed E-state index contributed by atoms with van der Waals surface area (Å²) < 4.78 is 26.5. The van der Waals surface area contributed by atoms with Crippen molar-refractivity contribution in [1.82, 2.24) is 4.31 Å². The van der Waals surface area contributed by atoms with E-state index in [0.29, 0.717) is 12.2 Å². The van der Waals surface area contributed by atoms with E-state index in [1.165, 1.54) is 4.31 Å². The standard InChI is InChI=1S/C8H10N2O2S/c1-10-6-7-4-2-3-5-8(7)9-13(10,11)12/h2-5,9H,6H2,1H3. The van der Waals surface area contributed by atoms with Crippen molar-refractivity contribution in [3.05, 3.63) is 29.8 Å². The predicted octanol–water partition coefficient (Wildman–Crippen LogP) is 0.789. The van der Waals surface area contributed by atoms with E-state index in [-0.39, 0.29) is 0 Å². The Morgan fingerprint density at radius 1 is 1.38 bits per heavy atom. The highest BCUT2D eigenvalue weighted by molar-refractivity contribution is 7.90. The van der Waals surface area contributed by atoms with E-state index < -0.39 is 10.2 Å². The van der Waals surface area contributed by atoms with E-state index in [1.54, 1.807) is 13.1 Å². The number of nitrogens with zero attached hydrogens (tertiary/aromatic N) is 1. The molecule has 0 aliphatic carbocycles. The molecule has 13 heavy (non-hydrogen) atoms. The number of hydrogen-bond acceptors (Lipinski definition) is 2. The van der Waals surface area contributed by atoms with Gasteiger partial charge in [-0.25, -0.2) is 0 Å². The molecule has 70 valence electrons. The van der Waals surface area contributed by atoms with Gasteiger partial charge in [0.05, 0.1) is 5.69 Å². The van der Waals surface area contributed by atoms with E-state index in [9.17, 15) is 8.42 Å². The molecular formula is C8H10N2O2S. The second-order valence-corrected chi connectivity index (χ2v) is 4.80. The number of fused-ring (bicyclic) bond motifs is 1. The van der Waals surface area contributed by atoms with Crippen molar-refractivity contribution < 1.29 is 8.42 Å². The molecule has 0 amide bonds. The molecule has 1 aliphatic rings. The lowest BCUT2D eigenvalue weighted by atomic mass is 10.2. The Hall–Kier alpha value is -1.07. The Morgan fingerprint density at radius 2 is 2.08 bits per heavy atom. The van der Waals surface area contributed by atoms with E-state index in [4.69, 9.17) is 0 Å². The Morgan fingerprint density at radius 3 is 2.85 bits per heavy atom. The van der Waals surface area contributed by atoms with Gasteiger partial charge in [0.1, 0.15) is 0 Å². The molecule has 0 fully saturated rings. The predicted molar refractivity (Wildman–Crippen MR) is 50.5 cm³/mol. The third-order valence-electron chi connectivity index (χ3n) is 2.06. The highest BCUT2D eigenvalue weighted by Gasteiger charge is 2.24. The number of rotatable bonds is 0. The largest absolute Gasteiger partial charge is 0.301 e. The topological polar surface area (TPSA) is 49.4 Å². The summed E-state index contributed by atoms with van der Waals surface area (Å²) in [6, 6.07) is 7.38. The Labute approximate surface area is 77.4 Å². The highest BCUT2D eigenvalue weighted by Crippen LogP contribution is 2.24. The van der Waals surface area contributed by atoms with Crippen molar-refractivity contribution in [1.29, 1.82) is 0 Å². The summed E-state index contributed by atoms with van der Waals surface area (Å²) in [6.45, 7) is 0.436. The third kappa shape index (κ3) is 1.40. The van der Waals surface area contributed by atoms with E-state index >= 15 is 0 Å². The van der Waals surface area contributed by atoms with Crippen LogP contribution in [-0.4, -0.2) is 19.8 Å². The van der Waals surface area contributed by atoms with Crippen LogP contribution in [0.15, 0.2) is 24.3 Å². The van der Waals surface area contributed by atoms with Crippen molar-refractivity contribution in [2.24, 2.45) is 0 Å². The van der Waals surface area contributed by atoms with Crippen molar-refractivity contribution in [3.8, 4) is 0 Å². The van der Waals surface area contributed by atoms with Crippen molar-refractivity contribution in [2.45, 2.75) is 6.54 Å². The van der Waals surface area contributed by atoms with E-state index in [2.05, 4.69) is 4.72 Å². The fraction of sp³-hybridized carbons (Fsp3) is 0.250. The molecule has 0 bridgehead atoms. The molecule has 5 heteroatoms. The van der Waals surface area contributed by atoms with Gasteiger partial charge in [-0.2, -0.15) is 12.7 Å². The highest BCUT2D eigenvalue weighted by atomic mass is 32.2. The smallest absolute Gasteiger partial charge is 0.271 e. The third-order valence-corrected chi connectivity index (χ3v) is 3.49. The van der Waals surface area contributed by atoms with Gasteiger partial charge in [0, 0.05) is 13.6 Å². The van der Waals surface area contributed by atoms with Gasteiger partial charge >= 0.3 is 10.2 Å². The normalized spacial score (nSPS) is 20.4. The van der Waals surface area contributed by atoms with Crippen LogP contribution in [0.25, 0.3) is 0 Å². The minimum absolute atomic E-state index is 0.436. The average Bonchev–Trinajstić information content (AvgIpc) is 2.06. The monoisotopic (exact) mass is 198 g/mol. The summed E-state index contributed by atoms with van der Waals surface area (Å²) >= 11 is 0. The lowest BCUT2D eigenvalue weighted by Crippen LogP contribution is -2.36. The quantitative estimate of drug-likeness (QED) is 0.670. The first-order valence-corrected chi connectivity index (χ1v) is 5.35. The first kappa shape index (κ1) is 8.52. The molecule has 1 aromatic rings. The lowest BCUT2D eigenvalue weighted by molar-refractivity contribution is 0.466. The van der Waals surface area contributed by atoms with Gasteiger partial charge in [-0.1, -0.05) is 18.2 Å². The van der Waals surface area contributed by atoms with Crippen LogP contribution < -0.4 is 4.72 Å². The lowest BCUT2D eigenvalue weighted by Gasteiger charge is -2.25. The van der Waals surface area contributed by atoms with Crippen LogP contribution in [0.5, 0.6) is 0 Å². The molecule has 0 spiro atoms. The van der Waals surface area contributed by atoms with E-state index in [1.807, 2.05) is 18.2 Å². The zero-order valence-corrected chi connectivity index (χ0v) is 8.00. The van der Waals surface area contributed by atoms with Crippen molar-refractivity contribution >= 4 is 15.9 Å². The van der Waals surface area contributed by atoms with Gasteiger partial charge in [-0.15, -0.1) is 0 Å². The van der Waals surface area contributed by atoms with Crippen LogP contribution in [0.3, 0.4) is 0 Å². The average molecular weight is 198 g/mol. The molecule has 0 unspecified atom stereocenters. The molecule has 4 nitrogen and oxygen atoms in total. The van der Waals surface area contributed by atoms with Gasteiger partial charge in [-0.05, 0) is 11.6 Å². The van der Waals surface area contributed by atoms with Crippen LogP contribution >= 0.6 is 0 Å². The fourth-order valence-electron chi connectivity index (χ4n) is 1.30. The summed E-state index contributed by atoms with van der Waals surface area (Å²) in [4.78, 5) is 0. The van der Waals surface area contributed by atoms with Crippen molar-refractivity contribution in [3.63, 3.8) is 0 Å². The summed E-state index contributed by atoms with van der Waals surface area (Å²) in [7, 11) is -1.74. The Balaban J connectivity index is 2.51. The Bertz CT molecular complexity index is 428. The maximum absolute atomic E-state index is 11.4. The molecule has 0 saturated heterocycles. The molecule has 1 N–H and O–H groups in total. The van der Waals surface area contributed by atoms with Crippen LogP contribution in [0.1, 0.15) is 5.56 Å². The Kier molecular flexibility index (Phi) is 1.78. The van der Waals surface area contributed by atoms with Crippen LogP contribution in [0.4, 0.5) is 5.69 Å². The number of para-hydroxylation sites is 1. The second kappa shape index (κ2) is 2.71. The maximum atomic E-state index is 11.4.